The monoisotopic (exact) mass is 829 g/mol. The van der Waals surface area contributed by atoms with Crippen molar-refractivity contribution in [2.24, 2.45) is 0 Å². The lowest BCUT2D eigenvalue weighted by atomic mass is 10.0. The van der Waals surface area contributed by atoms with Crippen molar-refractivity contribution in [3.63, 3.8) is 0 Å². The molecule has 0 rings (SSSR count). The normalized spacial score (nSPS) is 12.3. The Balaban J connectivity index is 4.39. The van der Waals surface area contributed by atoms with Crippen molar-refractivity contribution in [2.45, 2.75) is 271 Å². The van der Waals surface area contributed by atoms with E-state index in [0.717, 1.165) is 83.5 Å². The fraction of sp³-hybridized carbons (Fsp3) is 0.830. The topological polar surface area (TPSA) is 78.9 Å². The zero-order valence-electron chi connectivity index (χ0n) is 39.3. The third kappa shape index (κ3) is 46.5. The van der Waals surface area contributed by atoms with E-state index in [4.69, 9.17) is 14.2 Å². The molecule has 0 saturated heterocycles. The fourth-order valence-electron chi connectivity index (χ4n) is 7.27. The number of allylic oxidation sites excluding steroid dienone is 6. The zero-order valence-corrected chi connectivity index (χ0v) is 39.3. The second kappa shape index (κ2) is 48.3. The van der Waals surface area contributed by atoms with Crippen molar-refractivity contribution in [1.82, 2.24) is 0 Å². The second-order valence-corrected chi connectivity index (χ2v) is 17.1. The molecule has 0 saturated carbocycles. The molecule has 0 fully saturated rings. The van der Waals surface area contributed by atoms with Crippen molar-refractivity contribution in [1.29, 1.82) is 0 Å². The molecule has 0 radical (unpaired) electrons. The average Bonchev–Trinajstić information content (AvgIpc) is 3.23. The van der Waals surface area contributed by atoms with Gasteiger partial charge in [0.25, 0.3) is 0 Å². The van der Waals surface area contributed by atoms with Crippen LogP contribution in [-0.4, -0.2) is 37.2 Å². The Kier molecular flexibility index (Phi) is 46.4. The number of hydrogen-bond donors (Lipinski definition) is 0. The van der Waals surface area contributed by atoms with E-state index < -0.39 is 6.10 Å². The van der Waals surface area contributed by atoms with Crippen molar-refractivity contribution in [3.05, 3.63) is 36.5 Å². The molecule has 0 aliphatic carbocycles. The minimum absolute atomic E-state index is 0.0774. The van der Waals surface area contributed by atoms with Crippen molar-refractivity contribution in [2.75, 3.05) is 13.2 Å². The third-order valence-corrected chi connectivity index (χ3v) is 11.1. The Morgan fingerprint density at radius 1 is 0.339 bits per heavy atom. The predicted molar refractivity (Wildman–Crippen MR) is 252 cm³/mol. The molecule has 0 aromatic rings. The van der Waals surface area contributed by atoms with Crippen LogP contribution in [0.3, 0.4) is 0 Å². The molecule has 0 spiro atoms. The summed E-state index contributed by atoms with van der Waals surface area (Å²) in [7, 11) is 0. The highest BCUT2D eigenvalue weighted by molar-refractivity contribution is 5.71. The number of ether oxygens (including phenoxy) is 3. The molecule has 0 aliphatic heterocycles. The molecular formula is C53H96O6. The first-order valence-electron chi connectivity index (χ1n) is 25.5. The summed E-state index contributed by atoms with van der Waals surface area (Å²) in [6, 6.07) is 0. The van der Waals surface area contributed by atoms with E-state index in [-0.39, 0.29) is 31.1 Å². The van der Waals surface area contributed by atoms with Gasteiger partial charge in [-0.15, -0.1) is 0 Å². The van der Waals surface area contributed by atoms with Crippen LogP contribution in [0.25, 0.3) is 0 Å². The van der Waals surface area contributed by atoms with E-state index in [1.54, 1.807) is 0 Å². The Morgan fingerprint density at radius 2 is 0.610 bits per heavy atom. The quantitative estimate of drug-likeness (QED) is 0.0263. The first kappa shape index (κ1) is 56.6. The van der Waals surface area contributed by atoms with Crippen LogP contribution in [0, 0.1) is 0 Å². The van der Waals surface area contributed by atoms with Crippen molar-refractivity contribution < 1.29 is 28.6 Å². The summed E-state index contributed by atoms with van der Waals surface area (Å²) in [5.41, 5.74) is 0. The molecule has 6 nitrogen and oxygen atoms in total. The molecule has 1 atom stereocenters. The smallest absolute Gasteiger partial charge is 0.306 e. The summed E-state index contributed by atoms with van der Waals surface area (Å²) < 4.78 is 16.8. The van der Waals surface area contributed by atoms with E-state index >= 15 is 0 Å². The van der Waals surface area contributed by atoms with Gasteiger partial charge in [-0.2, -0.15) is 0 Å². The van der Waals surface area contributed by atoms with Gasteiger partial charge in [0.2, 0.25) is 0 Å². The Labute approximate surface area is 365 Å². The van der Waals surface area contributed by atoms with Crippen LogP contribution in [0.4, 0.5) is 0 Å². The van der Waals surface area contributed by atoms with Gasteiger partial charge in [-0.05, 0) is 57.8 Å². The number of esters is 3. The Hall–Kier alpha value is -2.37. The maximum atomic E-state index is 12.8. The van der Waals surface area contributed by atoms with E-state index in [0.29, 0.717) is 19.3 Å². The highest BCUT2D eigenvalue weighted by Gasteiger charge is 2.19. The summed E-state index contributed by atoms with van der Waals surface area (Å²) in [6.45, 7) is 6.60. The largest absolute Gasteiger partial charge is 0.462 e. The van der Waals surface area contributed by atoms with Gasteiger partial charge in [0, 0.05) is 19.3 Å². The van der Waals surface area contributed by atoms with Gasteiger partial charge in [-0.3, -0.25) is 14.4 Å². The first-order chi connectivity index (χ1) is 29.0. The summed E-state index contributed by atoms with van der Waals surface area (Å²) in [5, 5.41) is 0. The molecular weight excluding hydrogens is 733 g/mol. The van der Waals surface area contributed by atoms with Gasteiger partial charge in [0.1, 0.15) is 13.2 Å². The number of hydrogen-bond acceptors (Lipinski definition) is 6. The molecule has 6 heteroatoms. The number of carbonyl (C=O) groups is 3. The highest BCUT2D eigenvalue weighted by Crippen LogP contribution is 2.15. The summed E-state index contributed by atoms with van der Waals surface area (Å²) >= 11 is 0. The van der Waals surface area contributed by atoms with Gasteiger partial charge in [0.05, 0.1) is 0 Å². The molecule has 0 heterocycles. The maximum Gasteiger partial charge on any atom is 0.306 e. The highest BCUT2D eigenvalue weighted by atomic mass is 16.6. The minimum atomic E-state index is -0.777. The number of rotatable bonds is 46. The van der Waals surface area contributed by atoms with Crippen LogP contribution < -0.4 is 0 Å². The van der Waals surface area contributed by atoms with E-state index in [1.807, 2.05) is 0 Å². The molecule has 0 amide bonds. The second-order valence-electron chi connectivity index (χ2n) is 17.1. The Bertz CT molecular complexity index is 1000. The zero-order chi connectivity index (χ0) is 43.0. The lowest BCUT2D eigenvalue weighted by molar-refractivity contribution is -0.167. The van der Waals surface area contributed by atoms with Crippen LogP contribution >= 0.6 is 0 Å². The van der Waals surface area contributed by atoms with E-state index in [1.165, 1.54) is 141 Å². The molecule has 59 heavy (non-hydrogen) atoms. The summed E-state index contributed by atoms with van der Waals surface area (Å²) in [6.07, 6.45) is 55.5. The van der Waals surface area contributed by atoms with Crippen LogP contribution in [0.5, 0.6) is 0 Å². The standard InChI is InChI=1S/C53H96O6/c1-4-7-10-13-16-19-22-24-25-26-27-29-32-35-38-41-44-47-53(56)59-50(48-57-51(54)45-42-39-36-33-30-21-18-15-12-9-6-3)49-58-52(55)46-43-40-37-34-31-28-23-20-17-14-11-8-5-2/h16,19,24-25,27,29,50H,4-15,17-18,20-23,26,28,30-49H2,1-3H3/b19-16-,25-24-,29-27-/t50-/m0/s1. The molecule has 0 aromatic carbocycles. The molecule has 0 aromatic heterocycles. The fourth-order valence-corrected chi connectivity index (χ4v) is 7.27. The number of unbranched alkanes of at least 4 members (excludes halogenated alkanes) is 29. The predicted octanol–water partition coefficient (Wildman–Crippen LogP) is 16.5. The van der Waals surface area contributed by atoms with Crippen molar-refractivity contribution >= 4 is 17.9 Å². The Morgan fingerprint density at radius 3 is 0.983 bits per heavy atom. The molecule has 0 bridgehead atoms. The SMILES string of the molecule is CCCCC/C=C\C/C=C\C/C=C\CCCCCCC(=O)O[C@@H](COC(=O)CCCCCCCCCCCCC)COC(=O)CCCCCCCCCCCCCCC. The van der Waals surface area contributed by atoms with Gasteiger partial charge in [-0.1, -0.05) is 224 Å². The average molecular weight is 829 g/mol. The lowest BCUT2D eigenvalue weighted by Crippen LogP contribution is -2.30. The van der Waals surface area contributed by atoms with Crippen molar-refractivity contribution in [3.8, 4) is 0 Å². The summed E-state index contributed by atoms with van der Waals surface area (Å²) in [5.74, 6) is -0.890. The van der Waals surface area contributed by atoms with Crippen LogP contribution in [0.1, 0.15) is 265 Å². The summed E-state index contributed by atoms with van der Waals surface area (Å²) in [4.78, 5) is 37.9. The van der Waals surface area contributed by atoms with Crippen LogP contribution in [-0.2, 0) is 28.6 Å². The molecule has 0 aliphatic rings. The van der Waals surface area contributed by atoms with Gasteiger partial charge < -0.3 is 14.2 Å². The van der Waals surface area contributed by atoms with E-state index in [2.05, 4.69) is 57.2 Å². The number of carbonyl (C=O) groups excluding carboxylic acids is 3. The van der Waals surface area contributed by atoms with Crippen LogP contribution in [0.2, 0.25) is 0 Å². The molecule has 344 valence electrons. The van der Waals surface area contributed by atoms with Gasteiger partial charge in [0.15, 0.2) is 6.10 Å². The minimum Gasteiger partial charge on any atom is -0.462 e. The molecule has 0 N–H and O–H groups in total. The van der Waals surface area contributed by atoms with Gasteiger partial charge >= 0.3 is 17.9 Å². The molecule has 0 unspecified atom stereocenters. The van der Waals surface area contributed by atoms with E-state index in [9.17, 15) is 14.4 Å². The first-order valence-corrected chi connectivity index (χ1v) is 25.5. The third-order valence-electron chi connectivity index (χ3n) is 11.1. The maximum absolute atomic E-state index is 12.8. The van der Waals surface area contributed by atoms with Crippen LogP contribution in [0.15, 0.2) is 36.5 Å². The van der Waals surface area contributed by atoms with Gasteiger partial charge in [-0.25, -0.2) is 0 Å². The lowest BCUT2D eigenvalue weighted by Gasteiger charge is -2.18.